The van der Waals surface area contributed by atoms with Crippen LogP contribution in [0.1, 0.15) is 29.7 Å². The molecule has 2 aromatic heterocycles. The molecular weight excluding hydrogens is 338 g/mol. The maximum atomic E-state index is 9.35. The van der Waals surface area contributed by atoms with Crippen LogP contribution in [0.4, 0.5) is 0 Å². The van der Waals surface area contributed by atoms with E-state index in [0.29, 0.717) is 5.56 Å². The largest absolute Gasteiger partial charge is 0.239 e. The van der Waals surface area contributed by atoms with Gasteiger partial charge in [0.2, 0.25) is 0 Å². The van der Waals surface area contributed by atoms with Crippen LogP contribution in [0.25, 0.3) is 20.9 Å². The number of nitrogens with zero attached hydrogens (tertiary/aromatic N) is 3. The lowest BCUT2D eigenvalue weighted by molar-refractivity contribution is 0.811. The highest BCUT2D eigenvalue weighted by Crippen LogP contribution is 2.53. The predicted molar refractivity (Wildman–Crippen MR) is 104 cm³/mol. The highest BCUT2D eigenvalue weighted by atomic mass is 32.1. The van der Waals surface area contributed by atoms with Crippen LogP contribution in [0, 0.1) is 11.3 Å². The zero-order valence-electron chi connectivity index (χ0n) is 14.0. The number of benzene rings is 2. The van der Waals surface area contributed by atoms with Gasteiger partial charge in [0.25, 0.3) is 0 Å². The predicted octanol–water partition coefficient (Wildman–Crippen LogP) is 5.31. The quantitative estimate of drug-likeness (QED) is 0.501. The first-order valence-electron chi connectivity index (χ1n) is 8.63. The van der Waals surface area contributed by atoms with E-state index < -0.39 is 0 Å². The van der Waals surface area contributed by atoms with E-state index in [-0.39, 0.29) is 5.41 Å². The highest BCUT2D eigenvalue weighted by molar-refractivity contribution is 7.21. The third kappa shape index (κ3) is 2.33. The maximum absolute atomic E-state index is 9.35. The molecule has 5 rings (SSSR count). The van der Waals surface area contributed by atoms with Crippen molar-refractivity contribution in [2.24, 2.45) is 0 Å². The fraction of sp³-hybridized carbons (Fsp3) is 0.136. The van der Waals surface area contributed by atoms with Gasteiger partial charge in [-0.2, -0.15) is 5.26 Å². The van der Waals surface area contributed by atoms with Crippen molar-refractivity contribution >= 4 is 21.7 Å². The smallest absolute Gasteiger partial charge is 0.144 e. The number of aromatic nitrogens is 2. The standard InChI is InChI=1S/C22H15N3S/c23-14-15-6-4-5-9-17(15)20-24-18-10-11-19(25-21(18)26-20)22(12-13-22)16-7-2-1-3-8-16/h1-11H,12-13H2. The minimum atomic E-state index is 0.0597. The molecule has 4 aromatic rings. The zero-order valence-corrected chi connectivity index (χ0v) is 14.8. The van der Waals surface area contributed by atoms with Gasteiger partial charge in [0.05, 0.1) is 17.3 Å². The van der Waals surface area contributed by atoms with Gasteiger partial charge in [-0.05, 0) is 36.6 Å². The Balaban J connectivity index is 1.61. The molecule has 124 valence electrons. The van der Waals surface area contributed by atoms with Crippen molar-refractivity contribution in [3.05, 3.63) is 83.6 Å². The molecule has 3 nitrogen and oxygen atoms in total. The summed E-state index contributed by atoms with van der Waals surface area (Å²) in [4.78, 5) is 10.6. The topological polar surface area (TPSA) is 49.6 Å². The molecule has 0 spiro atoms. The van der Waals surface area contributed by atoms with Gasteiger partial charge in [-0.25, -0.2) is 9.97 Å². The molecule has 0 aliphatic heterocycles. The summed E-state index contributed by atoms with van der Waals surface area (Å²) < 4.78 is 0. The SMILES string of the molecule is N#Cc1ccccc1-c1nc2ccc(C3(c4ccccc4)CC3)nc2s1. The van der Waals surface area contributed by atoms with Crippen LogP contribution in [-0.2, 0) is 5.41 Å². The lowest BCUT2D eigenvalue weighted by atomic mass is 9.92. The molecule has 0 amide bonds. The fourth-order valence-corrected chi connectivity index (χ4v) is 4.52. The van der Waals surface area contributed by atoms with Gasteiger partial charge in [-0.1, -0.05) is 59.9 Å². The molecule has 1 saturated carbocycles. The average molecular weight is 353 g/mol. The van der Waals surface area contributed by atoms with Crippen molar-refractivity contribution in [3.63, 3.8) is 0 Å². The second-order valence-electron chi connectivity index (χ2n) is 6.65. The van der Waals surface area contributed by atoms with Crippen molar-refractivity contribution < 1.29 is 0 Å². The van der Waals surface area contributed by atoms with E-state index in [1.54, 1.807) is 11.3 Å². The van der Waals surface area contributed by atoms with E-state index in [4.69, 9.17) is 9.97 Å². The van der Waals surface area contributed by atoms with Crippen molar-refractivity contribution in [2.45, 2.75) is 18.3 Å². The van der Waals surface area contributed by atoms with E-state index in [1.807, 2.05) is 24.3 Å². The first kappa shape index (κ1) is 15.2. The molecule has 0 N–H and O–H groups in total. The number of hydrogen-bond donors (Lipinski definition) is 0. The highest BCUT2D eigenvalue weighted by Gasteiger charge is 2.47. The summed E-state index contributed by atoms with van der Waals surface area (Å²) in [5, 5.41) is 10.2. The van der Waals surface area contributed by atoms with Crippen LogP contribution in [0.15, 0.2) is 66.7 Å². The molecule has 1 aliphatic rings. The van der Waals surface area contributed by atoms with Crippen LogP contribution < -0.4 is 0 Å². The van der Waals surface area contributed by atoms with Crippen LogP contribution >= 0.6 is 11.3 Å². The number of nitriles is 1. The van der Waals surface area contributed by atoms with Gasteiger partial charge in [0.15, 0.2) is 0 Å². The Morgan fingerprint density at radius 2 is 1.65 bits per heavy atom. The van der Waals surface area contributed by atoms with Gasteiger partial charge in [-0.15, -0.1) is 0 Å². The average Bonchev–Trinajstić information content (AvgIpc) is 3.41. The number of fused-ring (bicyclic) bond motifs is 1. The van der Waals surface area contributed by atoms with Crippen LogP contribution in [0.3, 0.4) is 0 Å². The Kier molecular flexibility index (Phi) is 3.37. The van der Waals surface area contributed by atoms with E-state index in [0.717, 1.165) is 39.5 Å². The molecule has 1 aliphatic carbocycles. The van der Waals surface area contributed by atoms with Crippen LogP contribution in [0.2, 0.25) is 0 Å². The fourth-order valence-electron chi connectivity index (χ4n) is 3.54. The monoisotopic (exact) mass is 353 g/mol. The summed E-state index contributed by atoms with van der Waals surface area (Å²) >= 11 is 1.56. The van der Waals surface area contributed by atoms with E-state index in [9.17, 15) is 5.26 Å². The van der Waals surface area contributed by atoms with E-state index in [1.165, 1.54) is 5.56 Å². The van der Waals surface area contributed by atoms with Gasteiger partial charge in [0.1, 0.15) is 15.4 Å². The van der Waals surface area contributed by atoms with Crippen molar-refractivity contribution in [3.8, 4) is 16.6 Å². The first-order chi connectivity index (χ1) is 12.8. The lowest BCUT2D eigenvalue weighted by Crippen LogP contribution is -2.10. The third-order valence-corrected chi connectivity index (χ3v) is 6.10. The number of rotatable bonds is 3. The molecule has 4 heteroatoms. The number of pyridine rings is 1. The number of thiazole rings is 1. The minimum Gasteiger partial charge on any atom is -0.239 e. The molecular formula is C22H15N3S. The molecule has 2 aromatic carbocycles. The molecule has 2 heterocycles. The minimum absolute atomic E-state index is 0.0597. The van der Waals surface area contributed by atoms with Crippen molar-refractivity contribution in [1.82, 2.24) is 9.97 Å². The van der Waals surface area contributed by atoms with Crippen LogP contribution in [0.5, 0.6) is 0 Å². The molecule has 26 heavy (non-hydrogen) atoms. The Bertz CT molecular complexity index is 1150. The van der Waals surface area contributed by atoms with E-state index >= 15 is 0 Å². The third-order valence-electron chi connectivity index (χ3n) is 5.10. The molecule has 0 radical (unpaired) electrons. The maximum Gasteiger partial charge on any atom is 0.144 e. The zero-order chi connectivity index (χ0) is 17.6. The Morgan fingerprint density at radius 3 is 2.42 bits per heavy atom. The van der Waals surface area contributed by atoms with Gasteiger partial charge < -0.3 is 0 Å². The molecule has 1 fully saturated rings. The Morgan fingerprint density at radius 1 is 0.885 bits per heavy atom. The first-order valence-corrected chi connectivity index (χ1v) is 9.45. The van der Waals surface area contributed by atoms with Gasteiger partial charge >= 0.3 is 0 Å². The van der Waals surface area contributed by atoms with Crippen LogP contribution in [-0.4, -0.2) is 9.97 Å². The summed E-state index contributed by atoms with van der Waals surface area (Å²) in [7, 11) is 0. The number of hydrogen-bond acceptors (Lipinski definition) is 4. The Labute approximate surface area is 155 Å². The van der Waals surface area contributed by atoms with Crippen molar-refractivity contribution in [1.29, 1.82) is 5.26 Å². The summed E-state index contributed by atoms with van der Waals surface area (Å²) in [6, 6.07) is 24.7. The van der Waals surface area contributed by atoms with Crippen molar-refractivity contribution in [2.75, 3.05) is 0 Å². The molecule has 0 atom stereocenters. The summed E-state index contributed by atoms with van der Waals surface area (Å²) in [5.74, 6) is 0. The summed E-state index contributed by atoms with van der Waals surface area (Å²) in [6.07, 6.45) is 2.27. The second-order valence-corrected chi connectivity index (χ2v) is 7.62. The van der Waals surface area contributed by atoms with Gasteiger partial charge in [-0.3, -0.25) is 0 Å². The lowest BCUT2D eigenvalue weighted by Gasteiger charge is -2.14. The summed E-state index contributed by atoms with van der Waals surface area (Å²) in [5.41, 5.74) is 4.94. The summed E-state index contributed by atoms with van der Waals surface area (Å²) in [6.45, 7) is 0. The second kappa shape index (κ2) is 5.76. The molecule has 0 unspecified atom stereocenters. The normalized spacial score (nSPS) is 14.9. The van der Waals surface area contributed by atoms with E-state index in [2.05, 4.69) is 48.5 Å². The Hall–Kier alpha value is -3.03. The van der Waals surface area contributed by atoms with Gasteiger partial charge in [0, 0.05) is 11.0 Å². The molecule has 0 saturated heterocycles. The molecule has 0 bridgehead atoms.